The van der Waals surface area contributed by atoms with E-state index in [0.29, 0.717) is 0 Å². The van der Waals surface area contributed by atoms with E-state index in [9.17, 15) is 4.79 Å². The summed E-state index contributed by atoms with van der Waals surface area (Å²) in [6.45, 7) is 3.73. The lowest BCUT2D eigenvalue weighted by Gasteiger charge is -2.01. The van der Waals surface area contributed by atoms with Gasteiger partial charge in [-0.15, -0.1) is 0 Å². The first-order chi connectivity index (χ1) is 7.81. The molecule has 82 valence electrons. The number of aromatic nitrogens is 2. The molecule has 0 aliphatic rings. The molecule has 0 unspecified atom stereocenters. The maximum absolute atomic E-state index is 11.4. The zero-order chi connectivity index (χ0) is 11.4. The smallest absolute Gasteiger partial charge is 0.312 e. The van der Waals surface area contributed by atoms with Crippen LogP contribution in [0.25, 0.3) is 5.65 Å². The van der Waals surface area contributed by atoms with E-state index in [4.69, 9.17) is 4.74 Å². The molecule has 0 saturated carbocycles. The number of nitrogens with zero attached hydrogens (tertiary/aromatic N) is 2. The molecule has 0 amide bonds. The third kappa shape index (κ3) is 2.11. The van der Waals surface area contributed by atoms with Crippen molar-refractivity contribution in [3.05, 3.63) is 48.9 Å². The van der Waals surface area contributed by atoms with Gasteiger partial charge in [0.1, 0.15) is 12.3 Å². The normalized spacial score (nSPS) is 10.2. The van der Waals surface area contributed by atoms with Gasteiger partial charge in [0, 0.05) is 12.4 Å². The van der Waals surface area contributed by atoms with Crippen molar-refractivity contribution < 1.29 is 9.53 Å². The van der Waals surface area contributed by atoms with Gasteiger partial charge in [-0.05, 0) is 12.1 Å². The van der Waals surface area contributed by atoms with Crippen LogP contribution in [0.1, 0.15) is 5.69 Å². The Morgan fingerprint density at radius 2 is 2.44 bits per heavy atom. The fourth-order valence-corrected chi connectivity index (χ4v) is 1.47. The minimum Gasteiger partial charge on any atom is -0.461 e. The van der Waals surface area contributed by atoms with Crippen LogP contribution in [-0.4, -0.2) is 22.0 Å². The van der Waals surface area contributed by atoms with Gasteiger partial charge >= 0.3 is 5.97 Å². The van der Waals surface area contributed by atoms with Crippen LogP contribution < -0.4 is 0 Å². The molecule has 2 aromatic heterocycles. The average Bonchev–Trinajstić information content (AvgIpc) is 2.70. The lowest BCUT2D eigenvalue weighted by molar-refractivity contribution is -0.141. The van der Waals surface area contributed by atoms with Gasteiger partial charge in [0.25, 0.3) is 0 Å². The molecule has 0 aliphatic heterocycles. The Balaban J connectivity index is 2.15. The SMILES string of the molecule is C=CCOC(=O)Cc1cnc2ccccn12. The quantitative estimate of drug-likeness (QED) is 0.576. The molecule has 0 bridgehead atoms. The Morgan fingerprint density at radius 3 is 3.25 bits per heavy atom. The molecule has 0 saturated heterocycles. The van der Waals surface area contributed by atoms with Crippen molar-refractivity contribution in [2.24, 2.45) is 0 Å². The van der Waals surface area contributed by atoms with Gasteiger partial charge in [-0.25, -0.2) is 4.98 Å². The largest absolute Gasteiger partial charge is 0.461 e. The number of pyridine rings is 1. The summed E-state index contributed by atoms with van der Waals surface area (Å²) in [6.07, 6.45) is 5.33. The van der Waals surface area contributed by atoms with Crippen LogP contribution in [-0.2, 0) is 16.0 Å². The average molecular weight is 216 g/mol. The van der Waals surface area contributed by atoms with E-state index in [0.717, 1.165) is 11.3 Å². The van der Waals surface area contributed by atoms with Gasteiger partial charge in [0.15, 0.2) is 0 Å². The highest BCUT2D eigenvalue weighted by Gasteiger charge is 2.08. The highest BCUT2D eigenvalue weighted by Crippen LogP contribution is 2.07. The molecule has 0 spiro atoms. The van der Waals surface area contributed by atoms with Crippen LogP contribution in [0, 0.1) is 0 Å². The fourth-order valence-electron chi connectivity index (χ4n) is 1.47. The number of ether oxygens (including phenoxy) is 1. The van der Waals surface area contributed by atoms with E-state index in [-0.39, 0.29) is 19.0 Å². The monoisotopic (exact) mass is 216 g/mol. The summed E-state index contributed by atoms with van der Waals surface area (Å²) in [4.78, 5) is 15.6. The first-order valence-electron chi connectivity index (χ1n) is 4.99. The van der Waals surface area contributed by atoms with Crippen molar-refractivity contribution in [2.75, 3.05) is 6.61 Å². The third-order valence-corrected chi connectivity index (χ3v) is 2.18. The van der Waals surface area contributed by atoms with E-state index >= 15 is 0 Å². The van der Waals surface area contributed by atoms with Crippen molar-refractivity contribution in [2.45, 2.75) is 6.42 Å². The summed E-state index contributed by atoms with van der Waals surface area (Å²) >= 11 is 0. The molecule has 2 rings (SSSR count). The molecular formula is C12H12N2O2. The van der Waals surface area contributed by atoms with Crippen LogP contribution in [0.4, 0.5) is 0 Å². The number of carbonyl (C=O) groups excluding carboxylic acids is 1. The van der Waals surface area contributed by atoms with Crippen LogP contribution in [0.2, 0.25) is 0 Å². The lowest BCUT2D eigenvalue weighted by atomic mass is 10.3. The number of imidazole rings is 1. The van der Waals surface area contributed by atoms with Gasteiger partial charge in [-0.1, -0.05) is 18.7 Å². The third-order valence-electron chi connectivity index (χ3n) is 2.18. The lowest BCUT2D eigenvalue weighted by Crippen LogP contribution is -2.09. The number of hydrogen-bond donors (Lipinski definition) is 0. The Hall–Kier alpha value is -2.10. The summed E-state index contributed by atoms with van der Waals surface area (Å²) in [5, 5.41) is 0. The van der Waals surface area contributed by atoms with Crippen LogP contribution in [0.5, 0.6) is 0 Å². The first-order valence-corrected chi connectivity index (χ1v) is 4.99. The standard InChI is InChI=1S/C12H12N2O2/c1-2-7-16-12(15)8-10-9-13-11-5-3-4-6-14(10)11/h2-6,9H,1,7-8H2. The first kappa shape index (κ1) is 10.4. The fraction of sp³-hybridized carbons (Fsp3) is 0.167. The topological polar surface area (TPSA) is 43.6 Å². The Morgan fingerprint density at radius 1 is 1.56 bits per heavy atom. The molecule has 0 radical (unpaired) electrons. The molecule has 4 heteroatoms. The second-order valence-electron chi connectivity index (χ2n) is 3.33. The van der Waals surface area contributed by atoms with E-state index in [1.807, 2.05) is 28.8 Å². The van der Waals surface area contributed by atoms with Crippen LogP contribution in [0.15, 0.2) is 43.2 Å². The second-order valence-corrected chi connectivity index (χ2v) is 3.33. The Labute approximate surface area is 93.2 Å². The molecule has 0 atom stereocenters. The number of rotatable bonds is 4. The van der Waals surface area contributed by atoms with Gasteiger partial charge < -0.3 is 9.14 Å². The van der Waals surface area contributed by atoms with Crippen LogP contribution in [0.3, 0.4) is 0 Å². The molecule has 0 aliphatic carbocycles. The molecule has 16 heavy (non-hydrogen) atoms. The summed E-state index contributed by atoms with van der Waals surface area (Å²) in [5.74, 6) is -0.273. The zero-order valence-corrected chi connectivity index (χ0v) is 8.80. The molecular weight excluding hydrogens is 204 g/mol. The van der Waals surface area contributed by atoms with Gasteiger partial charge in [-0.2, -0.15) is 0 Å². The van der Waals surface area contributed by atoms with Crippen molar-refractivity contribution in [1.82, 2.24) is 9.38 Å². The highest BCUT2D eigenvalue weighted by molar-refractivity contribution is 5.72. The summed E-state index contributed by atoms with van der Waals surface area (Å²) in [6, 6.07) is 5.69. The highest BCUT2D eigenvalue weighted by atomic mass is 16.5. The minimum atomic E-state index is -0.273. The molecule has 2 aromatic rings. The number of hydrogen-bond acceptors (Lipinski definition) is 3. The molecule has 0 fully saturated rings. The van der Waals surface area contributed by atoms with Crippen LogP contribution >= 0.6 is 0 Å². The minimum absolute atomic E-state index is 0.221. The van der Waals surface area contributed by atoms with E-state index < -0.39 is 0 Å². The maximum atomic E-state index is 11.4. The Kier molecular flexibility index (Phi) is 3.00. The predicted octanol–water partition coefficient (Wildman–Crippen LogP) is 1.61. The molecule has 0 aromatic carbocycles. The summed E-state index contributed by atoms with van der Waals surface area (Å²) in [5.41, 5.74) is 1.65. The molecule has 4 nitrogen and oxygen atoms in total. The van der Waals surface area contributed by atoms with Gasteiger partial charge in [0.2, 0.25) is 0 Å². The van der Waals surface area contributed by atoms with E-state index in [1.54, 1.807) is 12.3 Å². The van der Waals surface area contributed by atoms with Crippen molar-refractivity contribution in [1.29, 1.82) is 0 Å². The second kappa shape index (κ2) is 4.61. The van der Waals surface area contributed by atoms with Gasteiger partial charge in [-0.3, -0.25) is 4.79 Å². The van der Waals surface area contributed by atoms with E-state index in [2.05, 4.69) is 11.6 Å². The number of fused-ring (bicyclic) bond motifs is 1. The van der Waals surface area contributed by atoms with Crippen molar-refractivity contribution in [3.63, 3.8) is 0 Å². The zero-order valence-electron chi connectivity index (χ0n) is 8.80. The number of carbonyl (C=O) groups is 1. The molecule has 2 heterocycles. The maximum Gasteiger partial charge on any atom is 0.312 e. The summed E-state index contributed by atoms with van der Waals surface area (Å²) in [7, 11) is 0. The molecule has 0 N–H and O–H groups in total. The van der Waals surface area contributed by atoms with Gasteiger partial charge in [0.05, 0.1) is 12.1 Å². The Bertz CT molecular complexity index is 516. The number of esters is 1. The van der Waals surface area contributed by atoms with Crippen molar-refractivity contribution >= 4 is 11.6 Å². The predicted molar refractivity (Wildman–Crippen MR) is 60.1 cm³/mol. The van der Waals surface area contributed by atoms with E-state index in [1.165, 1.54) is 0 Å². The van der Waals surface area contributed by atoms with Crippen molar-refractivity contribution in [3.8, 4) is 0 Å². The summed E-state index contributed by atoms with van der Waals surface area (Å²) < 4.78 is 6.79.